The highest BCUT2D eigenvalue weighted by Gasteiger charge is 2.60. The van der Waals surface area contributed by atoms with Crippen LogP contribution >= 0.6 is 0 Å². The molecule has 1 aromatic rings. The fourth-order valence-electron chi connectivity index (χ4n) is 3.44. The maximum Gasteiger partial charge on any atom is 0.307 e. The first kappa shape index (κ1) is 8.89. The second kappa shape index (κ2) is 2.81. The predicted octanol–water partition coefficient (Wildman–Crippen LogP) is 1.83. The number of carboxylic acid groups (broad SMARTS) is 1. The lowest BCUT2D eigenvalue weighted by Crippen LogP contribution is -2.39. The van der Waals surface area contributed by atoms with E-state index in [0.29, 0.717) is 5.92 Å². The minimum absolute atomic E-state index is 0.0700. The van der Waals surface area contributed by atoms with E-state index in [4.69, 9.17) is 0 Å². The smallest absolute Gasteiger partial charge is 0.307 e. The monoisotopic (exact) mass is 203 g/mol. The average Bonchev–Trinajstić information content (AvgIpc) is 2.73. The first-order valence-corrected chi connectivity index (χ1v) is 5.36. The molecule has 78 valence electrons. The number of nitrogens with zero attached hydrogens (tertiary/aromatic N) is 1. The Morgan fingerprint density at radius 3 is 2.67 bits per heavy atom. The van der Waals surface area contributed by atoms with E-state index < -0.39 is 5.97 Å². The van der Waals surface area contributed by atoms with Crippen molar-refractivity contribution in [2.45, 2.75) is 24.7 Å². The van der Waals surface area contributed by atoms with Crippen molar-refractivity contribution in [1.29, 1.82) is 0 Å². The summed E-state index contributed by atoms with van der Waals surface area (Å²) in [6.07, 6.45) is 6.48. The summed E-state index contributed by atoms with van der Waals surface area (Å²) in [5, 5.41) is 9.22. The van der Waals surface area contributed by atoms with E-state index >= 15 is 0 Å². The van der Waals surface area contributed by atoms with Gasteiger partial charge in [0.15, 0.2) is 0 Å². The minimum atomic E-state index is -0.633. The molecule has 1 unspecified atom stereocenters. The van der Waals surface area contributed by atoms with Gasteiger partial charge >= 0.3 is 5.97 Å². The Kier molecular flexibility index (Phi) is 1.67. The van der Waals surface area contributed by atoms with Crippen LogP contribution in [-0.2, 0) is 10.2 Å². The molecule has 0 amide bonds. The van der Waals surface area contributed by atoms with Crippen LogP contribution in [0.3, 0.4) is 0 Å². The van der Waals surface area contributed by atoms with E-state index in [0.717, 1.165) is 19.3 Å². The average molecular weight is 203 g/mol. The molecule has 0 aromatic carbocycles. The molecular formula is C12H13NO2. The highest BCUT2D eigenvalue weighted by atomic mass is 16.4. The van der Waals surface area contributed by atoms with Gasteiger partial charge in [-0.3, -0.25) is 9.78 Å². The summed E-state index contributed by atoms with van der Waals surface area (Å²) in [5.74, 6) is -0.170. The highest BCUT2D eigenvalue weighted by molar-refractivity contribution is 5.74. The zero-order valence-electron chi connectivity index (χ0n) is 8.39. The standard InChI is InChI=1S/C12H13NO2/c14-11(15)10-5-8-6-12(10,7-8)9-1-3-13-4-2-9/h1-4,8,10H,5-7H2,(H,14,15). The molecule has 0 aliphatic heterocycles. The first-order valence-electron chi connectivity index (χ1n) is 5.36. The summed E-state index contributed by atoms with van der Waals surface area (Å²) >= 11 is 0. The van der Waals surface area contributed by atoms with E-state index in [-0.39, 0.29) is 11.3 Å². The van der Waals surface area contributed by atoms with Crippen LogP contribution < -0.4 is 0 Å². The Bertz CT molecular complexity index is 395. The molecule has 0 saturated heterocycles. The van der Waals surface area contributed by atoms with Crippen LogP contribution in [0.1, 0.15) is 24.8 Å². The van der Waals surface area contributed by atoms with Crippen molar-refractivity contribution in [3.63, 3.8) is 0 Å². The van der Waals surface area contributed by atoms with Gasteiger partial charge in [0.2, 0.25) is 0 Å². The molecule has 1 heterocycles. The van der Waals surface area contributed by atoms with Crippen molar-refractivity contribution >= 4 is 5.97 Å². The summed E-state index contributed by atoms with van der Waals surface area (Å²) in [6.45, 7) is 0. The van der Waals surface area contributed by atoms with Crippen molar-refractivity contribution < 1.29 is 9.90 Å². The van der Waals surface area contributed by atoms with Crippen molar-refractivity contribution in [2.24, 2.45) is 11.8 Å². The van der Waals surface area contributed by atoms with Crippen molar-refractivity contribution in [3.8, 4) is 0 Å². The highest BCUT2D eigenvalue weighted by Crippen LogP contribution is 2.63. The van der Waals surface area contributed by atoms with Crippen LogP contribution in [0.15, 0.2) is 24.5 Å². The molecule has 3 aliphatic carbocycles. The molecule has 2 bridgehead atoms. The lowest BCUT2D eigenvalue weighted by molar-refractivity contribution is -0.143. The number of fused-ring (bicyclic) bond motifs is 1. The first-order chi connectivity index (χ1) is 7.22. The molecule has 4 rings (SSSR count). The van der Waals surface area contributed by atoms with Crippen LogP contribution in [0.4, 0.5) is 0 Å². The predicted molar refractivity (Wildman–Crippen MR) is 54.4 cm³/mol. The van der Waals surface area contributed by atoms with Gasteiger partial charge in [0.25, 0.3) is 0 Å². The molecule has 0 radical (unpaired) electrons. The molecule has 1 N–H and O–H groups in total. The Morgan fingerprint density at radius 2 is 2.07 bits per heavy atom. The summed E-state index contributed by atoms with van der Waals surface area (Å²) < 4.78 is 0. The van der Waals surface area contributed by atoms with Crippen molar-refractivity contribution in [1.82, 2.24) is 4.98 Å². The zero-order chi connectivity index (χ0) is 10.5. The second-order valence-corrected chi connectivity index (χ2v) is 4.79. The normalized spacial score (nSPS) is 37.3. The SMILES string of the molecule is O=C(O)C1CC2CC1(c1ccncc1)C2. The molecule has 3 fully saturated rings. The fourth-order valence-corrected chi connectivity index (χ4v) is 3.44. The van der Waals surface area contributed by atoms with E-state index in [1.807, 2.05) is 12.1 Å². The third-order valence-electron chi connectivity index (χ3n) is 4.10. The number of carbonyl (C=O) groups is 1. The van der Waals surface area contributed by atoms with Crippen LogP contribution in [0.5, 0.6) is 0 Å². The molecule has 3 nitrogen and oxygen atoms in total. The Hall–Kier alpha value is -1.38. The minimum Gasteiger partial charge on any atom is -0.481 e. The van der Waals surface area contributed by atoms with E-state index in [9.17, 15) is 9.90 Å². The number of carboxylic acids is 1. The van der Waals surface area contributed by atoms with Gasteiger partial charge < -0.3 is 5.11 Å². The van der Waals surface area contributed by atoms with Crippen molar-refractivity contribution in [3.05, 3.63) is 30.1 Å². The van der Waals surface area contributed by atoms with Gasteiger partial charge in [-0.05, 0) is 42.9 Å². The molecule has 1 aromatic heterocycles. The van der Waals surface area contributed by atoms with Gasteiger partial charge in [0.05, 0.1) is 5.92 Å². The summed E-state index contributed by atoms with van der Waals surface area (Å²) in [5.41, 5.74) is 1.10. The number of rotatable bonds is 2. The van der Waals surface area contributed by atoms with Gasteiger partial charge in [0.1, 0.15) is 0 Å². The second-order valence-electron chi connectivity index (χ2n) is 4.79. The number of hydrogen-bond acceptors (Lipinski definition) is 2. The zero-order valence-corrected chi connectivity index (χ0v) is 8.39. The van der Waals surface area contributed by atoms with Gasteiger partial charge in [-0.2, -0.15) is 0 Å². The van der Waals surface area contributed by atoms with Gasteiger partial charge in [-0.25, -0.2) is 0 Å². The number of hydrogen-bond donors (Lipinski definition) is 1. The van der Waals surface area contributed by atoms with Gasteiger partial charge in [-0.1, -0.05) is 0 Å². The molecule has 3 heteroatoms. The number of aliphatic carboxylic acids is 1. The van der Waals surface area contributed by atoms with Crippen molar-refractivity contribution in [2.75, 3.05) is 0 Å². The Labute approximate surface area is 88.1 Å². The Balaban J connectivity index is 2.01. The molecule has 1 atom stereocenters. The summed E-state index contributed by atoms with van der Waals surface area (Å²) in [4.78, 5) is 15.2. The number of pyridine rings is 1. The molecule has 3 saturated carbocycles. The van der Waals surface area contributed by atoms with E-state index in [1.165, 1.54) is 5.56 Å². The summed E-state index contributed by atoms with van der Waals surface area (Å²) in [6, 6.07) is 3.94. The molecule has 0 spiro atoms. The van der Waals surface area contributed by atoms with E-state index in [1.54, 1.807) is 12.4 Å². The lowest BCUT2D eigenvalue weighted by Gasteiger charge is -2.40. The Morgan fingerprint density at radius 1 is 1.40 bits per heavy atom. The molecule has 3 aliphatic rings. The van der Waals surface area contributed by atoms with Gasteiger partial charge in [-0.15, -0.1) is 0 Å². The fraction of sp³-hybridized carbons (Fsp3) is 0.500. The molecule has 15 heavy (non-hydrogen) atoms. The third kappa shape index (κ3) is 1.06. The van der Waals surface area contributed by atoms with E-state index in [2.05, 4.69) is 4.98 Å². The topological polar surface area (TPSA) is 50.2 Å². The maximum atomic E-state index is 11.2. The summed E-state index contributed by atoms with van der Waals surface area (Å²) in [7, 11) is 0. The van der Waals surface area contributed by atoms with Crippen LogP contribution in [0.25, 0.3) is 0 Å². The van der Waals surface area contributed by atoms with Crippen LogP contribution in [-0.4, -0.2) is 16.1 Å². The maximum absolute atomic E-state index is 11.2. The van der Waals surface area contributed by atoms with Crippen LogP contribution in [0, 0.1) is 11.8 Å². The third-order valence-corrected chi connectivity index (χ3v) is 4.10. The number of aromatic nitrogens is 1. The molecular weight excluding hydrogens is 190 g/mol. The lowest BCUT2D eigenvalue weighted by atomic mass is 9.63. The largest absolute Gasteiger partial charge is 0.481 e. The quantitative estimate of drug-likeness (QED) is 0.797. The van der Waals surface area contributed by atoms with Crippen LogP contribution in [0.2, 0.25) is 0 Å². The van der Waals surface area contributed by atoms with Gasteiger partial charge in [0, 0.05) is 17.8 Å².